The number of halogens is 1. The van der Waals surface area contributed by atoms with Crippen molar-refractivity contribution in [1.82, 2.24) is 5.32 Å². The van der Waals surface area contributed by atoms with Gasteiger partial charge in [-0.25, -0.2) is 9.18 Å². The zero-order valence-electron chi connectivity index (χ0n) is 12.4. The van der Waals surface area contributed by atoms with Crippen molar-refractivity contribution in [3.05, 3.63) is 77.1 Å². The molecule has 2 aromatic carbocycles. The number of hydrogen-bond donors (Lipinski definition) is 1. The van der Waals surface area contributed by atoms with Gasteiger partial charge in [-0.2, -0.15) is 0 Å². The van der Waals surface area contributed by atoms with E-state index >= 15 is 0 Å². The van der Waals surface area contributed by atoms with E-state index in [1.807, 2.05) is 43.3 Å². The fourth-order valence-corrected chi connectivity index (χ4v) is 1.95. The van der Waals surface area contributed by atoms with Crippen molar-refractivity contribution in [1.29, 1.82) is 0 Å². The highest BCUT2D eigenvalue weighted by Gasteiger charge is 2.02. The molecule has 0 aliphatic carbocycles. The summed E-state index contributed by atoms with van der Waals surface area (Å²) in [5.41, 5.74) is 2.31. The third-order valence-electron chi connectivity index (χ3n) is 3.13. The van der Waals surface area contributed by atoms with E-state index < -0.39 is 6.09 Å². The average molecular weight is 299 g/mol. The van der Waals surface area contributed by atoms with Crippen LogP contribution in [-0.4, -0.2) is 12.6 Å². The quantitative estimate of drug-likeness (QED) is 0.903. The molecule has 22 heavy (non-hydrogen) atoms. The second kappa shape index (κ2) is 7.98. The Labute approximate surface area is 129 Å². The molecule has 0 unspecified atom stereocenters. The molecule has 0 radical (unpaired) electrons. The molecule has 0 fully saturated rings. The standard InChI is InChI=1S/C18H18FNO2/c1-14-7-5-11-17(19)16(14)10-6-12-20-18(21)22-13-15-8-3-2-4-9-15/h2-11H,12-13H2,1H3,(H,20,21). The van der Waals surface area contributed by atoms with Gasteiger partial charge in [0.05, 0.1) is 0 Å². The zero-order valence-corrected chi connectivity index (χ0v) is 12.4. The van der Waals surface area contributed by atoms with Crippen LogP contribution in [-0.2, 0) is 11.3 Å². The monoisotopic (exact) mass is 299 g/mol. The molecule has 2 aromatic rings. The molecule has 0 bridgehead atoms. The molecule has 0 aliphatic heterocycles. The van der Waals surface area contributed by atoms with Crippen molar-refractivity contribution in [2.75, 3.05) is 6.54 Å². The van der Waals surface area contributed by atoms with Gasteiger partial charge >= 0.3 is 6.09 Å². The zero-order chi connectivity index (χ0) is 15.8. The molecule has 0 aromatic heterocycles. The van der Waals surface area contributed by atoms with Gasteiger partial charge in [-0.15, -0.1) is 0 Å². The third kappa shape index (κ3) is 4.74. The highest BCUT2D eigenvalue weighted by atomic mass is 19.1. The lowest BCUT2D eigenvalue weighted by Crippen LogP contribution is -2.24. The van der Waals surface area contributed by atoms with E-state index in [0.29, 0.717) is 5.56 Å². The Morgan fingerprint density at radius 3 is 2.68 bits per heavy atom. The lowest BCUT2D eigenvalue weighted by Gasteiger charge is -2.05. The summed E-state index contributed by atoms with van der Waals surface area (Å²) in [7, 11) is 0. The normalized spacial score (nSPS) is 10.6. The van der Waals surface area contributed by atoms with Crippen LogP contribution in [0.2, 0.25) is 0 Å². The number of amides is 1. The molecule has 1 N–H and O–H groups in total. The summed E-state index contributed by atoms with van der Waals surface area (Å²) in [6.45, 7) is 2.34. The van der Waals surface area contributed by atoms with Gasteiger partial charge in [0.25, 0.3) is 0 Å². The SMILES string of the molecule is Cc1cccc(F)c1C=CCNC(=O)OCc1ccccc1. The van der Waals surface area contributed by atoms with Crippen LogP contribution in [0.1, 0.15) is 16.7 Å². The minimum absolute atomic E-state index is 0.225. The minimum Gasteiger partial charge on any atom is -0.445 e. The maximum absolute atomic E-state index is 13.6. The van der Waals surface area contributed by atoms with Crippen LogP contribution < -0.4 is 5.32 Å². The maximum Gasteiger partial charge on any atom is 0.407 e. The predicted octanol–water partition coefficient (Wildman–Crippen LogP) is 4.07. The van der Waals surface area contributed by atoms with E-state index in [4.69, 9.17) is 4.74 Å². The van der Waals surface area contributed by atoms with Crippen LogP contribution >= 0.6 is 0 Å². The molecule has 1 amide bonds. The summed E-state index contributed by atoms with van der Waals surface area (Å²) in [5.74, 6) is -0.275. The predicted molar refractivity (Wildman–Crippen MR) is 84.8 cm³/mol. The molecule has 3 nitrogen and oxygen atoms in total. The van der Waals surface area contributed by atoms with Gasteiger partial charge in [-0.1, -0.05) is 54.6 Å². The van der Waals surface area contributed by atoms with Gasteiger partial charge in [0, 0.05) is 12.1 Å². The first-order valence-electron chi connectivity index (χ1n) is 7.03. The minimum atomic E-state index is -0.501. The van der Waals surface area contributed by atoms with E-state index in [0.717, 1.165) is 11.1 Å². The first kappa shape index (κ1) is 15.8. The summed E-state index contributed by atoms with van der Waals surface area (Å²) in [4.78, 5) is 11.5. The van der Waals surface area contributed by atoms with E-state index in [9.17, 15) is 9.18 Å². The van der Waals surface area contributed by atoms with Gasteiger partial charge in [0.1, 0.15) is 12.4 Å². The molecule has 0 saturated carbocycles. The Hall–Kier alpha value is -2.62. The molecule has 4 heteroatoms. The molecule has 0 heterocycles. The Kier molecular flexibility index (Phi) is 5.72. The molecule has 2 rings (SSSR count). The van der Waals surface area contributed by atoms with Crippen molar-refractivity contribution >= 4 is 12.2 Å². The largest absolute Gasteiger partial charge is 0.445 e. The molecule has 0 saturated heterocycles. The first-order valence-corrected chi connectivity index (χ1v) is 7.03. The number of rotatable bonds is 5. The maximum atomic E-state index is 13.6. The number of aryl methyl sites for hydroxylation is 1. The lowest BCUT2D eigenvalue weighted by atomic mass is 10.1. The topological polar surface area (TPSA) is 38.3 Å². The summed E-state index contributed by atoms with van der Waals surface area (Å²) in [6.07, 6.45) is 2.84. The van der Waals surface area contributed by atoms with Crippen molar-refractivity contribution < 1.29 is 13.9 Å². The van der Waals surface area contributed by atoms with Crippen molar-refractivity contribution in [2.24, 2.45) is 0 Å². The number of hydrogen-bond acceptors (Lipinski definition) is 2. The Morgan fingerprint density at radius 2 is 1.95 bits per heavy atom. The summed E-state index contributed by atoms with van der Waals surface area (Å²) in [6, 6.07) is 14.4. The summed E-state index contributed by atoms with van der Waals surface area (Å²) >= 11 is 0. The second-order valence-corrected chi connectivity index (χ2v) is 4.82. The van der Waals surface area contributed by atoms with Crippen LogP contribution in [0.3, 0.4) is 0 Å². The van der Waals surface area contributed by atoms with Crippen LogP contribution in [0.4, 0.5) is 9.18 Å². The van der Waals surface area contributed by atoms with Gasteiger partial charge in [-0.05, 0) is 24.1 Å². The van der Waals surface area contributed by atoms with E-state index in [1.165, 1.54) is 6.07 Å². The third-order valence-corrected chi connectivity index (χ3v) is 3.13. The second-order valence-electron chi connectivity index (χ2n) is 4.82. The van der Waals surface area contributed by atoms with Crippen molar-refractivity contribution in [2.45, 2.75) is 13.5 Å². The Bertz CT molecular complexity index is 633. The number of carbonyl (C=O) groups excluding carboxylic acids is 1. The number of nitrogens with one attached hydrogen (secondary N) is 1. The van der Waals surface area contributed by atoms with Crippen LogP contribution in [0.15, 0.2) is 54.6 Å². The van der Waals surface area contributed by atoms with Crippen molar-refractivity contribution in [3.8, 4) is 0 Å². The fourth-order valence-electron chi connectivity index (χ4n) is 1.95. The van der Waals surface area contributed by atoms with Crippen LogP contribution in [0.5, 0.6) is 0 Å². The van der Waals surface area contributed by atoms with Crippen LogP contribution in [0, 0.1) is 12.7 Å². The summed E-state index contributed by atoms with van der Waals surface area (Å²) < 4.78 is 18.7. The van der Waals surface area contributed by atoms with Crippen molar-refractivity contribution in [3.63, 3.8) is 0 Å². The van der Waals surface area contributed by atoms with Gasteiger partial charge < -0.3 is 10.1 Å². The summed E-state index contributed by atoms with van der Waals surface area (Å²) in [5, 5.41) is 2.59. The average Bonchev–Trinajstić information content (AvgIpc) is 2.53. The molecule has 0 atom stereocenters. The molecule has 0 spiro atoms. The first-order chi connectivity index (χ1) is 10.7. The number of alkyl carbamates (subject to hydrolysis) is 1. The molecular formula is C18H18FNO2. The molecular weight excluding hydrogens is 281 g/mol. The molecule has 0 aliphatic rings. The van der Waals surface area contributed by atoms with Gasteiger partial charge in [-0.3, -0.25) is 0 Å². The number of carbonyl (C=O) groups is 1. The fraction of sp³-hybridized carbons (Fsp3) is 0.167. The highest BCUT2D eigenvalue weighted by Crippen LogP contribution is 2.13. The van der Waals surface area contributed by atoms with Gasteiger partial charge in [0.2, 0.25) is 0 Å². The molecule has 114 valence electrons. The van der Waals surface area contributed by atoms with Gasteiger partial charge in [0.15, 0.2) is 0 Å². The Balaban J connectivity index is 1.76. The van der Waals surface area contributed by atoms with E-state index in [2.05, 4.69) is 5.32 Å². The smallest absolute Gasteiger partial charge is 0.407 e. The Morgan fingerprint density at radius 1 is 1.18 bits per heavy atom. The van der Waals surface area contributed by atoms with E-state index in [1.54, 1.807) is 18.2 Å². The van der Waals surface area contributed by atoms with Crippen LogP contribution in [0.25, 0.3) is 6.08 Å². The number of benzene rings is 2. The highest BCUT2D eigenvalue weighted by molar-refractivity contribution is 5.67. The van der Waals surface area contributed by atoms with E-state index in [-0.39, 0.29) is 19.0 Å². The lowest BCUT2D eigenvalue weighted by molar-refractivity contribution is 0.141. The number of ether oxygens (including phenoxy) is 1.